The number of nitrogens with one attached hydrogen (secondary N) is 1. The Morgan fingerprint density at radius 3 is 2.58 bits per heavy atom. The number of hydrogen-bond acceptors (Lipinski definition) is 6. The van der Waals surface area contributed by atoms with Gasteiger partial charge >= 0.3 is 0 Å². The van der Waals surface area contributed by atoms with E-state index in [0.717, 1.165) is 11.1 Å². The molecule has 6 nitrogen and oxygen atoms in total. The number of aromatic hydroxyl groups is 1. The largest absolute Gasteiger partial charge is 0.508 e. The molecule has 1 atom stereocenters. The van der Waals surface area contributed by atoms with Gasteiger partial charge in [0, 0.05) is 17.3 Å². The maximum atomic E-state index is 9.80. The number of phenolic OH excluding ortho intramolecular Hbond substituents is 1. The third kappa shape index (κ3) is 3.11. The monoisotopic (exact) mass is 351 g/mol. The molecule has 0 saturated heterocycles. The highest BCUT2D eigenvalue weighted by molar-refractivity contribution is 5.70. The number of hydrogen-bond donors (Lipinski definition) is 3. The summed E-state index contributed by atoms with van der Waals surface area (Å²) in [5.74, 6) is 1.33. The summed E-state index contributed by atoms with van der Waals surface area (Å²) < 4.78 is 11.4. The van der Waals surface area contributed by atoms with Crippen LogP contribution in [0, 0.1) is 11.3 Å². The zero-order valence-corrected chi connectivity index (χ0v) is 14.7. The quantitative estimate of drug-likeness (QED) is 0.763. The van der Waals surface area contributed by atoms with E-state index in [1.165, 1.54) is 0 Å². The predicted octanol–water partition coefficient (Wildman–Crippen LogP) is 3.44. The van der Waals surface area contributed by atoms with Gasteiger partial charge in [0.25, 0.3) is 0 Å². The van der Waals surface area contributed by atoms with Crippen molar-refractivity contribution in [1.29, 1.82) is 5.26 Å². The number of anilines is 1. The molecular formula is C20H21N3O3. The Kier molecular flexibility index (Phi) is 4.90. The van der Waals surface area contributed by atoms with Crippen LogP contribution in [0.1, 0.15) is 30.9 Å². The molecule has 2 aromatic rings. The van der Waals surface area contributed by atoms with Gasteiger partial charge in [0.1, 0.15) is 23.1 Å². The highest BCUT2D eigenvalue weighted by atomic mass is 16.5. The molecule has 0 amide bonds. The average molecular weight is 351 g/mol. The molecule has 1 aliphatic heterocycles. The van der Waals surface area contributed by atoms with Gasteiger partial charge in [-0.3, -0.25) is 0 Å². The zero-order chi connectivity index (χ0) is 18.7. The lowest BCUT2D eigenvalue weighted by Gasteiger charge is -2.29. The number of ether oxygens (including phenoxy) is 2. The molecule has 0 aliphatic carbocycles. The third-order valence-electron chi connectivity index (χ3n) is 4.22. The van der Waals surface area contributed by atoms with Gasteiger partial charge in [-0.15, -0.1) is 0 Å². The summed E-state index contributed by atoms with van der Waals surface area (Å²) >= 11 is 0. The maximum absolute atomic E-state index is 9.80. The molecule has 1 unspecified atom stereocenters. The summed E-state index contributed by atoms with van der Waals surface area (Å²) in [6.07, 6.45) is 0. The first kappa shape index (κ1) is 17.5. The van der Waals surface area contributed by atoms with Crippen LogP contribution in [0.25, 0.3) is 0 Å². The molecule has 134 valence electrons. The standard InChI is InChI=1S/C20H21N3O3/c1-3-25-13-6-8-18(26-4-2)15(10-13)19-14-7-5-12(24)9-17(14)23-20(22)16(19)11-21/h5-10,19,23-24H,3-4,22H2,1-2H3. The van der Waals surface area contributed by atoms with E-state index in [4.69, 9.17) is 15.2 Å². The zero-order valence-electron chi connectivity index (χ0n) is 14.7. The Bertz CT molecular complexity index is 900. The van der Waals surface area contributed by atoms with Crippen molar-refractivity contribution in [2.45, 2.75) is 19.8 Å². The lowest BCUT2D eigenvalue weighted by atomic mass is 9.81. The van der Waals surface area contributed by atoms with Crippen LogP contribution >= 0.6 is 0 Å². The molecule has 3 rings (SSSR count). The number of phenols is 1. The van der Waals surface area contributed by atoms with Gasteiger partial charge < -0.3 is 25.6 Å². The first-order valence-corrected chi connectivity index (χ1v) is 8.48. The number of benzene rings is 2. The van der Waals surface area contributed by atoms with Crippen LogP contribution in [0.3, 0.4) is 0 Å². The molecule has 2 aromatic carbocycles. The number of nitrogens with two attached hydrogens (primary N) is 1. The molecule has 0 spiro atoms. The van der Waals surface area contributed by atoms with E-state index in [1.807, 2.05) is 32.0 Å². The molecule has 0 aromatic heterocycles. The second-order valence-corrected chi connectivity index (χ2v) is 5.83. The Morgan fingerprint density at radius 2 is 1.88 bits per heavy atom. The van der Waals surface area contributed by atoms with E-state index in [-0.39, 0.29) is 11.6 Å². The molecule has 0 bridgehead atoms. The number of nitriles is 1. The minimum absolute atomic E-state index is 0.122. The van der Waals surface area contributed by atoms with Gasteiger partial charge in [-0.05, 0) is 43.7 Å². The molecular weight excluding hydrogens is 330 g/mol. The van der Waals surface area contributed by atoms with Gasteiger partial charge in [0.15, 0.2) is 0 Å². The molecule has 6 heteroatoms. The van der Waals surface area contributed by atoms with Crippen molar-refractivity contribution in [2.75, 3.05) is 18.5 Å². The smallest absolute Gasteiger partial charge is 0.123 e. The molecule has 1 heterocycles. The van der Waals surface area contributed by atoms with E-state index in [0.29, 0.717) is 36.0 Å². The van der Waals surface area contributed by atoms with Crippen molar-refractivity contribution in [2.24, 2.45) is 5.73 Å². The van der Waals surface area contributed by atoms with Gasteiger partial charge in [-0.25, -0.2) is 0 Å². The van der Waals surface area contributed by atoms with Crippen LogP contribution in [0.5, 0.6) is 17.2 Å². The van der Waals surface area contributed by atoms with Crippen molar-refractivity contribution < 1.29 is 14.6 Å². The lowest BCUT2D eigenvalue weighted by molar-refractivity contribution is 0.327. The van der Waals surface area contributed by atoms with E-state index in [1.54, 1.807) is 18.2 Å². The van der Waals surface area contributed by atoms with Crippen LogP contribution in [-0.4, -0.2) is 18.3 Å². The van der Waals surface area contributed by atoms with E-state index < -0.39 is 5.92 Å². The van der Waals surface area contributed by atoms with Crippen molar-refractivity contribution in [3.05, 3.63) is 58.9 Å². The fourth-order valence-electron chi connectivity index (χ4n) is 3.17. The van der Waals surface area contributed by atoms with Gasteiger partial charge in [-0.2, -0.15) is 5.26 Å². The molecule has 26 heavy (non-hydrogen) atoms. The highest BCUT2D eigenvalue weighted by Crippen LogP contribution is 2.45. The minimum atomic E-state index is -0.418. The van der Waals surface area contributed by atoms with Gasteiger partial charge in [-0.1, -0.05) is 6.07 Å². The van der Waals surface area contributed by atoms with Crippen LogP contribution < -0.4 is 20.5 Å². The van der Waals surface area contributed by atoms with Crippen LogP contribution in [0.15, 0.2) is 47.8 Å². The number of allylic oxidation sites excluding steroid dienone is 1. The molecule has 1 aliphatic rings. The van der Waals surface area contributed by atoms with Crippen molar-refractivity contribution in [3.8, 4) is 23.3 Å². The summed E-state index contributed by atoms with van der Waals surface area (Å²) in [5.41, 5.74) is 8.79. The van der Waals surface area contributed by atoms with Crippen molar-refractivity contribution >= 4 is 5.69 Å². The number of nitrogens with zero attached hydrogens (tertiary/aromatic N) is 1. The maximum Gasteiger partial charge on any atom is 0.123 e. The average Bonchev–Trinajstić information content (AvgIpc) is 2.62. The topological polar surface area (TPSA) is 101 Å². The van der Waals surface area contributed by atoms with Crippen LogP contribution in [0.2, 0.25) is 0 Å². The SMILES string of the molecule is CCOc1ccc(OCC)c(C2C(C#N)=C(N)Nc3cc(O)ccc32)c1. The van der Waals surface area contributed by atoms with Crippen LogP contribution in [0.4, 0.5) is 5.69 Å². The fourth-order valence-corrected chi connectivity index (χ4v) is 3.17. The highest BCUT2D eigenvalue weighted by Gasteiger charge is 2.31. The Morgan fingerprint density at radius 1 is 1.12 bits per heavy atom. The Hall–Kier alpha value is -3.33. The second-order valence-electron chi connectivity index (χ2n) is 5.83. The summed E-state index contributed by atoms with van der Waals surface area (Å²) in [5, 5.41) is 22.5. The summed E-state index contributed by atoms with van der Waals surface area (Å²) in [7, 11) is 0. The number of fused-ring (bicyclic) bond motifs is 1. The van der Waals surface area contributed by atoms with Crippen molar-refractivity contribution in [1.82, 2.24) is 0 Å². The fraction of sp³-hybridized carbons (Fsp3) is 0.250. The first-order chi connectivity index (χ1) is 12.6. The second kappa shape index (κ2) is 7.28. The summed E-state index contributed by atoms with van der Waals surface area (Å²) in [6, 6.07) is 12.8. The first-order valence-electron chi connectivity index (χ1n) is 8.48. The van der Waals surface area contributed by atoms with E-state index >= 15 is 0 Å². The van der Waals surface area contributed by atoms with Gasteiger partial charge in [0.05, 0.1) is 30.8 Å². The Labute approximate surface area is 152 Å². The lowest BCUT2D eigenvalue weighted by Crippen LogP contribution is -2.23. The van der Waals surface area contributed by atoms with E-state index in [2.05, 4.69) is 11.4 Å². The predicted molar refractivity (Wildman–Crippen MR) is 99.2 cm³/mol. The number of rotatable bonds is 5. The van der Waals surface area contributed by atoms with E-state index in [9.17, 15) is 10.4 Å². The third-order valence-corrected chi connectivity index (χ3v) is 4.22. The van der Waals surface area contributed by atoms with Crippen molar-refractivity contribution in [3.63, 3.8) is 0 Å². The molecule has 0 radical (unpaired) electrons. The molecule has 0 saturated carbocycles. The molecule has 4 N–H and O–H groups in total. The van der Waals surface area contributed by atoms with Crippen LogP contribution in [-0.2, 0) is 0 Å². The summed E-state index contributed by atoms with van der Waals surface area (Å²) in [4.78, 5) is 0. The summed E-state index contributed by atoms with van der Waals surface area (Å²) in [6.45, 7) is 4.85. The minimum Gasteiger partial charge on any atom is -0.508 e. The van der Waals surface area contributed by atoms with Gasteiger partial charge in [0.2, 0.25) is 0 Å². The molecule has 0 fully saturated rings. The normalized spacial score (nSPS) is 15.7. The Balaban J connectivity index is 2.23.